The molecule has 0 saturated carbocycles. The summed E-state index contributed by atoms with van der Waals surface area (Å²) >= 11 is 6.19. The lowest BCUT2D eigenvalue weighted by Crippen LogP contribution is -2.50. The maximum Gasteiger partial charge on any atom is 0.410 e. The van der Waals surface area contributed by atoms with E-state index in [4.69, 9.17) is 16.3 Å². The largest absolute Gasteiger partial charge is 0.444 e. The number of amides is 1. The topological polar surface area (TPSA) is 61.8 Å². The van der Waals surface area contributed by atoms with Crippen LogP contribution in [-0.4, -0.2) is 65.3 Å². The highest BCUT2D eigenvalue weighted by atomic mass is 35.5. The van der Waals surface area contributed by atoms with Crippen LogP contribution in [0.1, 0.15) is 40.5 Å². The number of piperazine rings is 1. The number of halogens is 1. The molecule has 0 bridgehead atoms. The van der Waals surface area contributed by atoms with Gasteiger partial charge in [0, 0.05) is 44.8 Å². The first-order valence-electron chi connectivity index (χ1n) is 9.27. The van der Waals surface area contributed by atoms with Crippen LogP contribution in [-0.2, 0) is 4.74 Å². The number of carbonyl (C=O) groups is 1. The van der Waals surface area contributed by atoms with Gasteiger partial charge in [-0.3, -0.25) is 0 Å². The summed E-state index contributed by atoms with van der Waals surface area (Å²) in [7, 11) is 0. The van der Waals surface area contributed by atoms with Gasteiger partial charge in [0.1, 0.15) is 17.2 Å². The summed E-state index contributed by atoms with van der Waals surface area (Å²) in [5.41, 5.74) is -0.476. The Morgan fingerprint density at radius 2 is 1.81 bits per heavy atom. The van der Waals surface area contributed by atoms with Crippen LogP contribution in [0.5, 0.6) is 0 Å². The number of hydrogen-bond acceptors (Lipinski definition) is 6. The molecule has 2 saturated heterocycles. The Kier molecular flexibility index (Phi) is 5.46. The first kappa shape index (κ1) is 19.0. The van der Waals surface area contributed by atoms with Crippen LogP contribution in [0.25, 0.3) is 0 Å². The second-order valence-electron chi connectivity index (χ2n) is 7.99. The van der Waals surface area contributed by atoms with Crippen LogP contribution in [0, 0.1) is 0 Å². The molecule has 144 valence electrons. The fourth-order valence-electron chi connectivity index (χ4n) is 3.42. The van der Waals surface area contributed by atoms with Crippen molar-refractivity contribution >= 4 is 29.3 Å². The average molecular weight is 382 g/mol. The number of nitrogens with zero attached hydrogens (tertiary/aromatic N) is 5. The molecule has 1 unspecified atom stereocenters. The summed E-state index contributed by atoms with van der Waals surface area (Å²) in [6.07, 6.45) is 2.09. The lowest BCUT2D eigenvalue weighted by atomic mass is 10.2. The monoisotopic (exact) mass is 381 g/mol. The minimum Gasteiger partial charge on any atom is -0.444 e. The van der Waals surface area contributed by atoms with Gasteiger partial charge in [0.25, 0.3) is 0 Å². The average Bonchev–Trinajstić information content (AvgIpc) is 2.99. The summed E-state index contributed by atoms with van der Waals surface area (Å²) in [6.45, 7) is 11.4. The molecule has 8 heteroatoms. The molecule has 2 aliphatic rings. The van der Waals surface area contributed by atoms with Gasteiger partial charge in [-0.1, -0.05) is 0 Å². The van der Waals surface area contributed by atoms with Crippen LogP contribution < -0.4 is 9.80 Å². The molecule has 0 spiro atoms. The van der Waals surface area contributed by atoms with E-state index in [2.05, 4.69) is 26.7 Å². The number of hydrogen-bond donors (Lipinski definition) is 0. The molecule has 1 amide bonds. The zero-order valence-electron chi connectivity index (χ0n) is 16.0. The first-order chi connectivity index (χ1) is 12.2. The standard InChI is InChI=1S/C18H28ClN5O2/c1-13-6-5-7-24(13)15-12-14(20-16(19)21-15)22-8-10-23(11-9-22)17(25)26-18(2,3)4/h12-13H,5-11H2,1-4H3. The van der Waals surface area contributed by atoms with E-state index >= 15 is 0 Å². The van der Waals surface area contributed by atoms with Crippen molar-refractivity contribution in [1.82, 2.24) is 14.9 Å². The number of anilines is 2. The van der Waals surface area contributed by atoms with Crippen LogP contribution >= 0.6 is 11.6 Å². The van der Waals surface area contributed by atoms with Gasteiger partial charge in [-0.15, -0.1) is 0 Å². The highest BCUT2D eigenvalue weighted by molar-refractivity contribution is 6.28. The van der Waals surface area contributed by atoms with Gasteiger partial charge in [0.05, 0.1) is 0 Å². The minimum atomic E-state index is -0.476. The molecule has 1 aromatic heterocycles. The highest BCUT2D eigenvalue weighted by Crippen LogP contribution is 2.28. The van der Waals surface area contributed by atoms with Gasteiger partial charge in [0.15, 0.2) is 0 Å². The Morgan fingerprint density at radius 1 is 1.15 bits per heavy atom. The fraction of sp³-hybridized carbons (Fsp3) is 0.722. The van der Waals surface area contributed by atoms with Crippen molar-refractivity contribution < 1.29 is 9.53 Å². The van der Waals surface area contributed by atoms with Crippen LogP contribution in [0.4, 0.5) is 16.4 Å². The molecule has 2 aliphatic heterocycles. The molecule has 0 radical (unpaired) electrons. The van der Waals surface area contributed by atoms with Gasteiger partial charge in [0.2, 0.25) is 5.28 Å². The van der Waals surface area contributed by atoms with Gasteiger partial charge in [-0.2, -0.15) is 0 Å². The summed E-state index contributed by atoms with van der Waals surface area (Å²) in [5.74, 6) is 1.71. The first-order valence-corrected chi connectivity index (χ1v) is 9.65. The third kappa shape index (κ3) is 4.50. The number of rotatable bonds is 2. The van der Waals surface area contributed by atoms with E-state index in [0.29, 0.717) is 32.2 Å². The van der Waals surface area contributed by atoms with Crippen molar-refractivity contribution in [2.45, 2.75) is 52.2 Å². The Balaban J connectivity index is 1.66. The van der Waals surface area contributed by atoms with Crippen LogP contribution in [0.2, 0.25) is 5.28 Å². The molecule has 0 aliphatic carbocycles. The van der Waals surface area contributed by atoms with E-state index in [1.165, 1.54) is 12.8 Å². The lowest BCUT2D eigenvalue weighted by Gasteiger charge is -2.36. The second kappa shape index (κ2) is 7.47. The SMILES string of the molecule is CC1CCCN1c1cc(N2CCN(C(=O)OC(C)(C)C)CC2)nc(Cl)n1. The Hall–Kier alpha value is -1.76. The van der Waals surface area contributed by atoms with Gasteiger partial charge in [-0.25, -0.2) is 14.8 Å². The molecule has 1 aromatic rings. The van der Waals surface area contributed by atoms with Crippen molar-refractivity contribution in [3.8, 4) is 0 Å². The zero-order valence-corrected chi connectivity index (χ0v) is 16.8. The van der Waals surface area contributed by atoms with E-state index in [-0.39, 0.29) is 11.4 Å². The van der Waals surface area contributed by atoms with Crippen LogP contribution in [0.3, 0.4) is 0 Å². The fourth-order valence-corrected chi connectivity index (χ4v) is 3.59. The number of carbonyl (C=O) groups excluding carboxylic acids is 1. The maximum absolute atomic E-state index is 12.2. The van der Waals surface area contributed by atoms with E-state index in [0.717, 1.165) is 18.2 Å². The quantitative estimate of drug-likeness (QED) is 0.733. The molecule has 26 heavy (non-hydrogen) atoms. The number of ether oxygens (including phenoxy) is 1. The van der Waals surface area contributed by atoms with Crippen molar-refractivity contribution in [3.63, 3.8) is 0 Å². The Morgan fingerprint density at radius 3 is 2.38 bits per heavy atom. The van der Waals surface area contributed by atoms with Gasteiger partial charge < -0.3 is 19.4 Å². The Bertz CT molecular complexity index is 655. The second-order valence-corrected chi connectivity index (χ2v) is 8.33. The molecule has 1 atom stereocenters. The predicted molar refractivity (Wildman–Crippen MR) is 103 cm³/mol. The van der Waals surface area contributed by atoms with E-state index in [9.17, 15) is 4.79 Å². The molecule has 3 heterocycles. The summed E-state index contributed by atoms with van der Waals surface area (Å²) < 4.78 is 5.45. The normalized spacial score (nSPS) is 21.3. The third-order valence-corrected chi connectivity index (χ3v) is 4.94. The smallest absolute Gasteiger partial charge is 0.410 e. The number of aromatic nitrogens is 2. The predicted octanol–water partition coefficient (Wildman–Crippen LogP) is 3.18. The maximum atomic E-state index is 12.2. The lowest BCUT2D eigenvalue weighted by molar-refractivity contribution is 0.0240. The molecule has 3 rings (SSSR count). The highest BCUT2D eigenvalue weighted by Gasteiger charge is 2.28. The zero-order chi connectivity index (χ0) is 18.9. The molecule has 0 aromatic carbocycles. The third-order valence-electron chi connectivity index (χ3n) is 4.77. The van der Waals surface area contributed by atoms with Crippen molar-refractivity contribution in [3.05, 3.63) is 11.3 Å². The van der Waals surface area contributed by atoms with E-state index in [1.807, 2.05) is 26.8 Å². The molecule has 2 fully saturated rings. The van der Waals surface area contributed by atoms with Crippen molar-refractivity contribution in [2.24, 2.45) is 0 Å². The van der Waals surface area contributed by atoms with Crippen LogP contribution in [0.15, 0.2) is 6.07 Å². The van der Waals surface area contributed by atoms with Gasteiger partial charge in [-0.05, 0) is 52.1 Å². The van der Waals surface area contributed by atoms with E-state index in [1.54, 1.807) is 4.90 Å². The summed E-state index contributed by atoms with van der Waals surface area (Å²) in [4.78, 5) is 27.2. The van der Waals surface area contributed by atoms with E-state index < -0.39 is 5.60 Å². The summed E-state index contributed by atoms with van der Waals surface area (Å²) in [6, 6.07) is 2.48. The van der Waals surface area contributed by atoms with Gasteiger partial charge >= 0.3 is 6.09 Å². The summed E-state index contributed by atoms with van der Waals surface area (Å²) in [5, 5.41) is 0.270. The molecule has 7 nitrogen and oxygen atoms in total. The molecular weight excluding hydrogens is 354 g/mol. The Labute approximate surface area is 160 Å². The molecular formula is C18H28ClN5O2. The van der Waals surface area contributed by atoms with Crippen molar-refractivity contribution in [1.29, 1.82) is 0 Å². The minimum absolute atomic E-state index is 0.260. The molecule has 0 N–H and O–H groups in total. The van der Waals surface area contributed by atoms with Crippen molar-refractivity contribution in [2.75, 3.05) is 42.5 Å².